The van der Waals surface area contributed by atoms with Crippen molar-refractivity contribution in [3.8, 4) is 0 Å². The van der Waals surface area contributed by atoms with Crippen LogP contribution in [0, 0.1) is 5.92 Å². The molecule has 3 unspecified atom stereocenters. The first-order valence-electron chi connectivity index (χ1n) is 7.85. The summed E-state index contributed by atoms with van der Waals surface area (Å²) < 4.78 is 0. The molecular weight excluding hydrogens is 238 g/mol. The number of carbonyl (C=O) groups is 1. The van der Waals surface area contributed by atoms with E-state index in [0.29, 0.717) is 6.04 Å². The van der Waals surface area contributed by atoms with Gasteiger partial charge < -0.3 is 11.1 Å². The molecule has 19 heavy (non-hydrogen) atoms. The fourth-order valence-corrected chi connectivity index (χ4v) is 3.03. The number of nitrogens with two attached hydrogens (primary N) is 1. The molecule has 0 aliphatic heterocycles. The molecule has 4 heteroatoms. The van der Waals surface area contributed by atoms with Crippen LogP contribution in [0.3, 0.4) is 0 Å². The molecular formula is C15H29N3O. The number of nitrogens with one attached hydrogen (secondary N) is 1. The lowest BCUT2D eigenvalue weighted by Crippen LogP contribution is -2.46. The van der Waals surface area contributed by atoms with Crippen LogP contribution < -0.4 is 11.1 Å². The zero-order chi connectivity index (χ0) is 13.8. The van der Waals surface area contributed by atoms with Crippen LogP contribution in [0.1, 0.15) is 51.9 Å². The van der Waals surface area contributed by atoms with Gasteiger partial charge in [-0.2, -0.15) is 0 Å². The highest BCUT2D eigenvalue weighted by Crippen LogP contribution is 2.27. The highest BCUT2D eigenvalue weighted by atomic mass is 16.1. The number of likely N-dealkylation sites (N-methyl/N-ethyl adjacent to an activating group) is 1. The highest BCUT2D eigenvalue weighted by molar-refractivity contribution is 5.79. The smallest absolute Gasteiger partial charge is 0.224 e. The summed E-state index contributed by atoms with van der Waals surface area (Å²) in [7, 11) is 2.16. The zero-order valence-corrected chi connectivity index (χ0v) is 12.4. The second-order valence-electron chi connectivity index (χ2n) is 6.40. The summed E-state index contributed by atoms with van der Waals surface area (Å²) in [5.41, 5.74) is 6.13. The van der Waals surface area contributed by atoms with Gasteiger partial charge in [-0.15, -0.1) is 0 Å². The average molecular weight is 267 g/mol. The largest absolute Gasteiger partial charge is 0.354 e. The van der Waals surface area contributed by atoms with Crippen molar-refractivity contribution in [1.29, 1.82) is 0 Å². The lowest BCUT2D eigenvalue weighted by molar-refractivity contribution is -0.126. The predicted molar refractivity (Wildman–Crippen MR) is 77.8 cm³/mol. The lowest BCUT2D eigenvalue weighted by atomic mass is 9.94. The maximum atomic E-state index is 12.3. The normalized spacial score (nSPS) is 29.9. The Morgan fingerprint density at radius 1 is 1.26 bits per heavy atom. The third-order valence-corrected chi connectivity index (χ3v) is 4.80. The molecule has 2 saturated carbocycles. The third-order valence-electron chi connectivity index (χ3n) is 4.80. The molecule has 0 aromatic heterocycles. The Morgan fingerprint density at radius 3 is 2.63 bits per heavy atom. The summed E-state index contributed by atoms with van der Waals surface area (Å²) in [5, 5.41) is 3.11. The van der Waals surface area contributed by atoms with Crippen LogP contribution in [0.4, 0.5) is 0 Å². The summed E-state index contributed by atoms with van der Waals surface area (Å²) in [6.07, 6.45) is 8.10. The molecule has 2 fully saturated rings. The van der Waals surface area contributed by atoms with Crippen molar-refractivity contribution in [2.45, 2.75) is 70.0 Å². The van der Waals surface area contributed by atoms with Gasteiger partial charge in [-0.1, -0.05) is 19.3 Å². The van der Waals surface area contributed by atoms with Gasteiger partial charge in [0.25, 0.3) is 0 Å². The molecule has 1 amide bonds. The van der Waals surface area contributed by atoms with Crippen molar-refractivity contribution >= 4 is 5.91 Å². The summed E-state index contributed by atoms with van der Waals surface area (Å²) in [4.78, 5) is 14.6. The molecule has 3 N–H and O–H groups in total. The van der Waals surface area contributed by atoms with Gasteiger partial charge in [-0.3, -0.25) is 9.69 Å². The number of carbonyl (C=O) groups excluding carboxylic acids is 1. The molecule has 0 aromatic carbocycles. The fraction of sp³-hybridized carbons (Fsp3) is 0.933. The van der Waals surface area contributed by atoms with E-state index in [2.05, 4.69) is 24.2 Å². The zero-order valence-electron chi connectivity index (χ0n) is 12.4. The SMILES string of the molecule is CC(CNC(=O)C1CCCCCC1N)N(C)C1CC1. The standard InChI is InChI=1S/C15H29N3O/c1-11(18(2)12-8-9-12)10-17-15(19)13-6-4-3-5-7-14(13)16/h11-14H,3-10,16H2,1-2H3,(H,17,19). The van der Waals surface area contributed by atoms with Crippen LogP contribution in [-0.2, 0) is 4.79 Å². The molecule has 2 aliphatic rings. The van der Waals surface area contributed by atoms with E-state index < -0.39 is 0 Å². The Kier molecular flexibility index (Phi) is 5.22. The van der Waals surface area contributed by atoms with Gasteiger partial charge in [0.1, 0.15) is 0 Å². The number of hydrogen-bond acceptors (Lipinski definition) is 3. The van der Waals surface area contributed by atoms with Crippen molar-refractivity contribution in [1.82, 2.24) is 10.2 Å². The van der Waals surface area contributed by atoms with Crippen molar-refractivity contribution < 1.29 is 4.79 Å². The number of rotatable bonds is 5. The Hall–Kier alpha value is -0.610. The average Bonchev–Trinajstić information content (AvgIpc) is 3.22. The van der Waals surface area contributed by atoms with Crippen LogP contribution in [0.25, 0.3) is 0 Å². The van der Waals surface area contributed by atoms with Gasteiger partial charge in [0.15, 0.2) is 0 Å². The van der Waals surface area contributed by atoms with Crippen molar-refractivity contribution in [2.24, 2.45) is 11.7 Å². The predicted octanol–water partition coefficient (Wildman–Crippen LogP) is 1.49. The van der Waals surface area contributed by atoms with Crippen LogP contribution in [-0.4, -0.2) is 42.5 Å². The van der Waals surface area contributed by atoms with E-state index in [1.54, 1.807) is 0 Å². The van der Waals surface area contributed by atoms with Gasteiger partial charge >= 0.3 is 0 Å². The lowest BCUT2D eigenvalue weighted by Gasteiger charge is -2.26. The fourth-order valence-electron chi connectivity index (χ4n) is 3.03. The second-order valence-corrected chi connectivity index (χ2v) is 6.40. The summed E-state index contributed by atoms with van der Waals surface area (Å²) >= 11 is 0. The molecule has 0 aromatic rings. The van der Waals surface area contributed by atoms with E-state index in [1.807, 2.05) is 0 Å². The number of amides is 1. The Balaban J connectivity index is 1.75. The summed E-state index contributed by atoms with van der Waals surface area (Å²) in [5.74, 6) is 0.200. The quantitative estimate of drug-likeness (QED) is 0.742. The summed E-state index contributed by atoms with van der Waals surface area (Å²) in [6.45, 7) is 2.93. The van der Waals surface area contributed by atoms with Crippen LogP contribution in [0.5, 0.6) is 0 Å². The van der Waals surface area contributed by atoms with Gasteiger partial charge in [0.05, 0.1) is 5.92 Å². The van der Waals surface area contributed by atoms with Crippen molar-refractivity contribution in [2.75, 3.05) is 13.6 Å². The van der Waals surface area contributed by atoms with E-state index in [9.17, 15) is 4.79 Å². The van der Waals surface area contributed by atoms with Gasteiger partial charge in [0, 0.05) is 24.7 Å². The Morgan fingerprint density at radius 2 is 1.95 bits per heavy atom. The topological polar surface area (TPSA) is 58.4 Å². The first kappa shape index (κ1) is 14.8. The molecule has 2 aliphatic carbocycles. The molecule has 2 rings (SSSR count). The molecule has 0 bridgehead atoms. The van der Waals surface area contributed by atoms with Gasteiger partial charge in [-0.05, 0) is 39.7 Å². The maximum absolute atomic E-state index is 12.3. The molecule has 4 nitrogen and oxygen atoms in total. The minimum absolute atomic E-state index is 0.0286. The van der Waals surface area contributed by atoms with Crippen molar-refractivity contribution in [3.05, 3.63) is 0 Å². The molecule has 0 saturated heterocycles. The second kappa shape index (κ2) is 6.71. The monoisotopic (exact) mass is 267 g/mol. The molecule has 0 heterocycles. The molecule has 0 radical (unpaired) electrons. The Bertz CT molecular complexity index is 304. The minimum Gasteiger partial charge on any atom is -0.354 e. The Labute approximate surface area is 117 Å². The van der Waals surface area contributed by atoms with E-state index in [1.165, 1.54) is 25.7 Å². The van der Waals surface area contributed by atoms with Gasteiger partial charge in [0.2, 0.25) is 5.91 Å². The maximum Gasteiger partial charge on any atom is 0.224 e. The van der Waals surface area contributed by atoms with Crippen molar-refractivity contribution in [3.63, 3.8) is 0 Å². The van der Waals surface area contributed by atoms with Crippen LogP contribution in [0.2, 0.25) is 0 Å². The molecule has 110 valence electrons. The van der Waals surface area contributed by atoms with E-state index in [-0.39, 0.29) is 17.9 Å². The molecule has 0 spiro atoms. The first-order valence-corrected chi connectivity index (χ1v) is 7.85. The van der Waals surface area contributed by atoms with Crippen LogP contribution >= 0.6 is 0 Å². The summed E-state index contributed by atoms with van der Waals surface area (Å²) in [6, 6.07) is 1.21. The van der Waals surface area contributed by atoms with E-state index in [0.717, 1.165) is 31.8 Å². The first-order chi connectivity index (χ1) is 9.09. The number of hydrogen-bond donors (Lipinski definition) is 2. The molecule has 3 atom stereocenters. The highest BCUT2D eigenvalue weighted by Gasteiger charge is 2.30. The third kappa shape index (κ3) is 4.18. The van der Waals surface area contributed by atoms with E-state index in [4.69, 9.17) is 5.73 Å². The van der Waals surface area contributed by atoms with Gasteiger partial charge in [-0.25, -0.2) is 0 Å². The number of nitrogens with zero attached hydrogens (tertiary/aromatic N) is 1. The van der Waals surface area contributed by atoms with Crippen LogP contribution in [0.15, 0.2) is 0 Å². The van der Waals surface area contributed by atoms with E-state index >= 15 is 0 Å². The minimum atomic E-state index is 0.0286.